The molecule has 5 heteroatoms. The van der Waals surface area contributed by atoms with Crippen molar-refractivity contribution in [1.82, 2.24) is 10.2 Å². The van der Waals surface area contributed by atoms with Crippen molar-refractivity contribution < 1.29 is 14.0 Å². The van der Waals surface area contributed by atoms with Crippen molar-refractivity contribution in [3.63, 3.8) is 0 Å². The number of carbonyl (C=O) groups excluding carboxylic acids is 2. The lowest BCUT2D eigenvalue weighted by molar-refractivity contribution is -0.149. The summed E-state index contributed by atoms with van der Waals surface area (Å²) in [5.41, 5.74) is -0.405. The number of rotatable bonds is 3. The standard InChI is InChI=1S/C13H15FN2O2/c1-13(10-5-3-2-4-6-10)12(18)16(8-7-14)9-11(17)15-13/h2-6H,7-9H2,1H3,(H,15,17). The van der Waals surface area contributed by atoms with E-state index in [2.05, 4.69) is 5.32 Å². The van der Waals surface area contributed by atoms with Crippen LogP contribution in [0.15, 0.2) is 30.3 Å². The normalized spacial score (nSPS) is 24.0. The Morgan fingerprint density at radius 3 is 2.61 bits per heavy atom. The van der Waals surface area contributed by atoms with Crippen LogP contribution in [0.4, 0.5) is 4.39 Å². The van der Waals surface area contributed by atoms with E-state index in [0.717, 1.165) is 0 Å². The van der Waals surface area contributed by atoms with Crippen LogP contribution in [0.2, 0.25) is 0 Å². The first-order valence-electron chi connectivity index (χ1n) is 5.80. The SMILES string of the molecule is CC1(c2ccccc2)NC(=O)CN(CCF)C1=O. The second kappa shape index (κ2) is 4.76. The molecule has 0 aliphatic carbocycles. The molecule has 1 aliphatic rings. The first-order chi connectivity index (χ1) is 8.58. The summed E-state index contributed by atoms with van der Waals surface area (Å²) in [6, 6.07) is 8.98. The Balaban J connectivity index is 2.36. The van der Waals surface area contributed by atoms with E-state index in [4.69, 9.17) is 0 Å². The largest absolute Gasteiger partial charge is 0.337 e. The molecule has 0 aromatic heterocycles. The molecule has 2 amide bonds. The van der Waals surface area contributed by atoms with Crippen LogP contribution in [0.5, 0.6) is 0 Å². The van der Waals surface area contributed by atoms with Crippen molar-refractivity contribution >= 4 is 11.8 Å². The number of halogens is 1. The number of nitrogens with zero attached hydrogens (tertiary/aromatic N) is 1. The number of nitrogens with one attached hydrogen (secondary N) is 1. The van der Waals surface area contributed by atoms with Gasteiger partial charge in [-0.05, 0) is 12.5 Å². The minimum absolute atomic E-state index is 0.0469. The van der Waals surface area contributed by atoms with Gasteiger partial charge in [-0.3, -0.25) is 9.59 Å². The van der Waals surface area contributed by atoms with Crippen LogP contribution in [0.3, 0.4) is 0 Å². The molecule has 0 radical (unpaired) electrons. The fourth-order valence-corrected chi connectivity index (χ4v) is 2.18. The van der Waals surface area contributed by atoms with Gasteiger partial charge in [-0.15, -0.1) is 0 Å². The van der Waals surface area contributed by atoms with Gasteiger partial charge in [0.05, 0.1) is 6.54 Å². The molecular weight excluding hydrogens is 235 g/mol. The maximum Gasteiger partial charge on any atom is 0.253 e. The molecule has 1 saturated heterocycles. The van der Waals surface area contributed by atoms with Gasteiger partial charge in [0, 0.05) is 6.54 Å². The molecule has 0 spiro atoms. The first-order valence-corrected chi connectivity index (χ1v) is 5.80. The molecule has 1 atom stereocenters. The molecule has 1 unspecified atom stereocenters. The van der Waals surface area contributed by atoms with Crippen molar-refractivity contribution in [3.05, 3.63) is 35.9 Å². The number of hydrogen-bond donors (Lipinski definition) is 1. The van der Waals surface area contributed by atoms with Gasteiger partial charge in [0.1, 0.15) is 12.2 Å². The molecule has 1 aromatic carbocycles. The molecule has 18 heavy (non-hydrogen) atoms. The van der Waals surface area contributed by atoms with E-state index in [0.29, 0.717) is 5.56 Å². The summed E-state index contributed by atoms with van der Waals surface area (Å²) in [6.45, 7) is 0.872. The fourth-order valence-electron chi connectivity index (χ4n) is 2.18. The van der Waals surface area contributed by atoms with Gasteiger partial charge in [-0.1, -0.05) is 30.3 Å². The molecule has 2 rings (SSSR count). The predicted octanol–water partition coefficient (Wildman–Crippen LogP) is 0.830. The van der Waals surface area contributed by atoms with Gasteiger partial charge < -0.3 is 10.2 Å². The van der Waals surface area contributed by atoms with Crippen LogP contribution < -0.4 is 5.32 Å². The number of piperazine rings is 1. The third-order valence-corrected chi connectivity index (χ3v) is 3.14. The number of alkyl halides is 1. The van der Waals surface area contributed by atoms with Crippen molar-refractivity contribution in [2.75, 3.05) is 19.8 Å². The Morgan fingerprint density at radius 1 is 1.33 bits per heavy atom. The summed E-state index contributed by atoms with van der Waals surface area (Å²) in [4.78, 5) is 25.2. The molecule has 1 aromatic rings. The third kappa shape index (κ3) is 2.08. The quantitative estimate of drug-likeness (QED) is 0.863. The van der Waals surface area contributed by atoms with Crippen LogP contribution in [-0.2, 0) is 15.1 Å². The first kappa shape index (κ1) is 12.5. The van der Waals surface area contributed by atoms with Gasteiger partial charge in [0.25, 0.3) is 5.91 Å². The van der Waals surface area contributed by atoms with Crippen molar-refractivity contribution in [2.45, 2.75) is 12.5 Å². The van der Waals surface area contributed by atoms with E-state index < -0.39 is 12.2 Å². The second-order valence-corrected chi connectivity index (χ2v) is 4.45. The fraction of sp³-hybridized carbons (Fsp3) is 0.385. The molecular formula is C13H15FN2O2. The number of carbonyl (C=O) groups is 2. The summed E-state index contributed by atoms with van der Waals surface area (Å²) in [6.07, 6.45) is 0. The number of benzene rings is 1. The highest BCUT2D eigenvalue weighted by molar-refractivity contribution is 5.98. The number of amides is 2. The maximum atomic E-state index is 12.4. The lowest BCUT2D eigenvalue weighted by Crippen LogP contribution is -2.63. The minimum atomic E-state index is -1.11. The Morgan fingerprint density at radius 2 is 2.00 bits per heavy atom. The Labute approximate surface area is 105 Å². The zero-order valence-electron chi connectivity index (χ0n) is 10.1. The number of hydrogen-bond acceptors (Lipinski definition) is 2. The molecule has 1 heterocycles. The highest BCUT2D eigenvalue weighted by atomic mass is 19.1. The van der Waals surface area contributed by atoms with Gasteiger partial charge in [-0.2, -0.15) is 0 Å². The zero-order valence-corrected chi connectivity index (χ0v) is 10.1. The molecule has 1 N–H and O–H groups in total. The molecule has 1 fully saturated rings. The average Bonchev–Trinajstić information content (AvgIpc) is 2.37. The molecule has 0 saturated carbocycles. The lowest BCUT2D eigenvalue weighted by Gasteiger charge is -2.39. The van der Waals surface area contributed by atoms with Crippen molar-refractivity contribution in [1.29, 1.82) is 0 Å². The summed E-state index contributed by atoms with van der Waals surface area (Å²) < 4.78 is 12.4. The van der Waals surface area contributed by atoms with E-state index in [9.17, 15) is 14.0 Å². The zero-order chi connectivity index (χ0) is 13.2. The molecule has 0 bridgehead atoms. The molecule has 1 aliphatic heterocycles. The Kier molecular flexibility index (Phi) is 3.32. The van der Waals surface area contributed by atoms with Crippen LogP contribution >= 0.6 is 0 Å². The summed E-state index contributed by atoms with van der Waals surface area (Å²) in [7, 11) is 0. The van der Waals surface area contributed by atoms with Crippen LogP contribution in [0.25, 0.3) is 0 Å². The van der Waals surface area contributed by atoms with E-state index in [1.165, 1.54) is 4.90 Å². The summed E-state index contributed by atoms with van der Waals surface area (Å²) in [5.74, 6) is -0.541. The molecule has 96 valence electrons. The highest BCUT2D eigenvalue weighted by Gasteiger charge is 2.43. The van der Waals surface area contributed by atoms with Crippen LogP contribution in [-0.4, -0.2) is 36.5 Å². The van der Waals surface area contributed by atoms with Gasteiger partial charge >= 0.3 is 0 Å². The average molecular weight is 250 g/mol. The van der Waals surface area contributed by atoms with Crippen molar-refractivity contribution in [2.24, 2.45) is 0 Å². The Hall–Kier alpha value is -1.91. The van der Waals surface area contributed by atoms with E-state index >= 15 is 0 Å². The van der Waals surface area contributed by atoms with Crippen LogP contribution in [0, 0.1) is 0 Å². The lowest BCUT2D eigenvalue weighted by atomic mass is 9.88. The van der Waals surface area contributed by atoms with E-state index in [1.807, 2.05) is 6.07 Å². The van der Waals surface area contributed by atoms with E-state index in [-0.39, 0.29) is 24.9 Å². The van der Waals surface area contributed by atoms with Crippen molar-refractivity contribution in [3.8, 4) is 0 Å². The third-order valence-electron chi connectivity index (χ3n) is 3.14. The van der Waals surface area contributed by atoms with Gasteiger partial charge in [0.15, 0.2) is 0 Å². The van der Waals surface area contributed by atoms with E-state index in [1.54, 1.807) is 31.2 Å². The topological polar surface area (TPSA) is 49.4 Å². The second-order valence-electron chi connectivity index (χ2n) is 4.45. The minimum Gasteiger partial charge on any atom is -0.337 e. The maximum absolute atomic E-state index is 12.4. The van der Waals surface area contributed by atoms with Gasteiger partial charge in [0.2, 0.25) is 5.91 Å². The predicted molar refractivity (Wildman–Crippen MR) is 64.5 cm³/mol. The monoisotopic (exact) mass is 250 g/mol. The Bertz CT molecular complexity index is 463. The van der Waals surface area contributed by atoms with Gasteiger partial charge in [-0.25, -0.2) is 4.39 Å². The molecule has 4 nitrogen and oxygen atoms in total. The smallest absolute Gasteiger partial charge is 0.253 e. The summed E-state index contributed by atoms with van der Waals surface area (Å²) in [5, 5.41) is 2.69. The van der Waals surface area contributed by atoms with Crippen LogP contribution in [0.1, 0.15) is 12.5 Å². The highest BCUT2D eigenvalue weighted by Crippen LogP contribution is 2.25. The summed E-state index contributed by atoms with van der Waals surface area (Å²) >= 11 is 0.